The molecule has 4 heteroatoms. The minimum Gasteiger partial charge on any atom is -0.478 e. The molecule has 0 atom stereocenters. The van der Waals surface area contributed by atoms with Gasteiger partial charge in [-0.2, -0.15) is 0 Å². The molecule has 0 amide bonds. The molecule has 3 nitrogen and oxygen atoms in total. The number of hydrogen-bond donors (Lipinski definition) is 1. The fourth-order valence-electron chi connectivity index (χ4n) is 1.79. The van der Waals surface area contributed by atoms with Crippen molar-refractivity contribution in [2.75, 3.05) is 18.5 Å². The molecule has 0 saturated heterocycles. The number of nitrogens with zero attached hydrogens (tertiary/aromatic N) is 1. The van der Waals surface area contributed by atoms with Crippen LogP contribution in [-0.2, 0) is 0 Å². The second-order valence-corrected chi connectivity index (χ2v) is 4.73. The van der Waals surface area contributed by atoms with E-state index in [1.54, 1.807) is 18.2 Å². The topological polar surface area (TPSA) is 40.5 Å². The molecule has 16 heavy (non-hydrogen) atoms. The van der Waals surface area contributed by atoms with Crippen molar-refractivity contribution >= 4 is 23.3 Å². The summed E-state index contributed by atoms with van der Waals surface area (Å²) in [4.78, 5) is 13.0. The van der Waals surface area contributed by atoms with Crippen molar-refractivity contribution in [1.29, 1.82) is 0 Å². The van der Waals surface area contributed by atoms with E-state index in [0.717, 1.165) is 6.54 Å². The minimum atomic E-state index is -0.908. The number of anilines is 1. The van der Waals surface area contributed by atoms with E-state index in [1.807, 2.05) is 11.9 Å². The van der Waals surface area contributed by atoms with Crippen molar-refractivity contribution in [1.82, 2.24) is 0 Å². The van der Waals surface area contributed by atoms with Crippen molar-refractivity contribution in [3.05, 3.63) is 28.8 Å². The average Bonchev–Trinajstić information content (AvgIpc) is 3.01. The zero-order valence-corrected chi connectivity index (χ0v) is 9.87. The molecule has 1 saturated carbocycles. The monoisotopic (exact) mass is 239 g/mol. The third-order valence-electron chi connectivity index (χ3n) is 2.83. The SMILES string of the molecule is CN(CC1CC1)c1cc(Cl)ccc1C(=O)O. The molecule has 0 unspecified atom stereocenters. The van der Waals surface area contributed by atoms with E-state index in [1.165, 1.54) is 12.8 Å². The lowest BCUT2D eigenvalue weighted by Crippen LogP contribution is -2.22. The quantitative estimate of drug-likeness (QED) is 0.878. The summed E-state index contributed by atoms with van der Waals surface area (Å²) in [5, 5.41) is 9.66. The highest BCUT2D eigenvalue weighted by atomic mass is 35.5. The zero-order valence-electron chi connectivity index (χ0n) is 9.11. The summed E-state index contributed by atoms with van der Waals surface area (Å²) < 4.78 is 0. The van der Waals surface area contributed by atoms with Gasteiger partial charge in [0.2, 0.25) is 0 Å². The Morgan fingerprint density at radius 2 is 2.25 bits per heavy atom. The van der Waals surface area contributed by atoms with E-state index in [-0.39, 0.29) is 0 Å². The van der Waals surface area contributed by atoms with Crippen LogP contribution in [0.4, 0.5) is 5.69 Å². The first kappa shape index (κ1) is 11.3. The standard InChI is InChI=1S/C12H14ClNO2/c1-14(7-8-2-3-8)11-6-9(13)4-5-10(11)12(15)16/h4-6,8H,2-3,7H2,1H3,(H,15,16). The predicted octanol–water partition coefficient (Wildman–Crippen LogP) is 2.88. The van der Waals surface area contributed by atoms with Crippen LogP contribution in [0.15, 0.2) is 18.2 Å². The van der Waals surface area contributed by atoms with E-state index >= 15 is 0 Å². The van der Waals surface area contributed by atoms with E-state index in [0.29, 0.717) is 22.2 Å². The van der Waals surface area contributed by atoms with Crippen molar-refractivity contribution in [2.24, 2.45) is 5.92 Å². The van der Waals surface area contributed by atoms with E-state index in [9.17, 15) is 4.79 Å². The Morgan fingerprint density at radius 1 is 1.56 bits per heavy atom. The lowest BCUT2D eigenvalue weighted by atomic mass is 10.1. The highest BCUT2D eigenvalue weighted by Gasteiger charge is 2.24. The van der Waals surface area contributed by atoms with Crippen LogP contribution in [0, 0.1) is 5.92 Å². The largest absolute Gasteiger partial charge is 0.478 e. The maximum atomic E-state index is 11.1. The van der Waals surface area contributed by atoms with Crippen molar-refractivity contribution < 1.29 is 9.90 Å². The van der Waals surface area contributed by atoms with Crippen LogP contribution >= 0.6 is 11.6 Å². The van der Waals surface area contributed by atoms with Crippen LogP contribution in [0.5, 0.6) is 0 Å². The minimum absolute atomic E-state index is 0.313. The van der Waals surface area contributed by atoms with Gasteiger partial charge >= 0.3 is 5.97 Å². The first-order valence-electron chi connectivity index (χ1n) is 5.32. The Balaban J connectivity index is 2.27. The second kappa shape index (κ2) is 4.34. The Hall–Kier alpha value is -1.22. The molecular weight excluding hydrogens is 226 g/mol. The number of hydrogen-bond acceptors (Lipinski definition) is 2. The molecule has 0 spiro atoms. The van der Waals surface area contributed by atoms with E-state index in [4.69, 9.17) is 16.7 Å². The Kier molecular flexibility index (Phi) is 3.06. The Labute approximate surface area is 99.6 Å². The highest BCUT2D eigenvalue weighted by molar-refractivity contribution is 6.31. The number of carboxylic acids is 1. The smallest absolute Gasteiger partial charge is 0.337 e. The first-order chi connectivity index (χ1) is 7.58. The lowest BCUT2D eigenvalue weighted by molar-refractivity contribution is 0.0697. The van der Waals surface area contributed by atoms with Crippen LogP contribution in [0.1, 0.15) is 23.2 Å². The number of carboxylic acid groups (broad SMARTS) is 1. The maximum absolute atomic E-state index is 11.1. The zero-order chi connectivity index (χ0) is 11.7. The van der Waals surface area contributed by atoms with Crippen LogP contribution in [0.2, 0.25) is 5.02 Å². The van der Waals surface area contributed by atoms with Crippen LogP contribution in [0.3, 0.4) is 0 Å². The van der Waals surface area contributed by atoms with Gasteiger partial charge in [0.15, 0.2) is 0 Å². The number of rotatable bonds is 4. The van der Waals surface area contributed by atoms with Crippen molar-refractivity contribution in [2.45, 2.75) is 12.8 Å². The molecule has 0 aliphatic heterocycles. The van der Waals surface area contributed by atoms with Gasteiger partial charge in [-0.25, -0.2) is 4.79 Å². The summed E-state index contributed by atoms with van der Waals surface area (Å²) in [6, 6.07) is 4.89. The summed E-state index contributed by atoms with van der Waals surface area (Å²) in [6.07, 6.45) is 2.49. The molecule has 0 aromatic heterocycles. The highest BCUT2D eigenvalue weighted by Crippen LogP contribution is 2.32. The molecule has 1 fully saturated rings. The number of benzene rings is 1. The first-order valence-corrected chi connectivity index (χ1v) is 5.69. The molecule has 1 aromatic carbocycles. The predicted molar refractivity (Wildman–Crippen MR) is 64.4 cm³/mol. The summed E-state index contributed by atoms with van der Waals surface area (Å²) in [6.45, 7) is 0.903. The summed E-state index contributed by atoms with van der Waals surface area (Å²) in [5.41, 5.74) is 1.01. The van der Waals surface area contributed by atoms with Crippen LogP contribution < -0.4 is 4.90 Å². The van der Waals surface area contributed by atoms with Gasteiger partial charge in [0, 0.05) is 18.6 Å². The van der Waals surface area contributed by atoms with Gasteiger partial charge in [0.05, 0.1) is 11.3 Å². The summed E-state index contributed by atoms with van der Waals surface area (Å²) in [5.74, 6) is -0.194. The normalized spacial score (nSPS) is 14.9. The van der Waals surface area contributed by atoms with Crippen molar-refractivity contribution in [3.63, 3.8) is 0 Å². The van der Waals surface area contributed by atoms with Crippen LogP contribution in [0.25, 0.3) is 0 Å². The average molecular weight is 240 g/mol. The number of halogens is 1. The molecule has 0 radical (unpaired) electrons. The van der Waals surface area contributed by atoms with E-state index in [2.05, 4.69) is 0 Å². The molecule has 1 aliphatic rings. The number of carbonyl (C=O) groups is 1. The van der Waals surface area contributed by atoms with Crippen LogP contribution in [-0.4, -0.2) is 24.7 Å². The van der Waals surface area contributed by atoms with Gasteiger partial charge in [0.1, 0.15) is 0 Å². The molecule has 1 aliphatic carbocycles. The van der Waals surface area contributed by atoms with Gasteiger partial charge in [-0.3, -0.25) is 0 Å². The Bertz CT molecular complexity index is 415. The van der Waals surface area contributed by atoms with Gasteiger partial charge < -0.3 is 10.0 Å². The molecule has 0 bridgehead atoms. The molecule has 2 rings (SSSR count). The Morgan fingerprint density at radius 3 is 2.81 bits per heavy atom. The third kappa shape index (κ3) is 2.47. The van der Waals surface area contributed by atoms with Gasteiger partial charge in [-0.1, -0.05) is 11.6 Å². The lowest BCUT2D eigenvalue weighted by Gasteiger charge is -2.21. The third-order valence-corrected chi connectivity index (χ3v) is 3.07. The van der Waals surface area contributed by atoms with Gasteiger partial charge in [0.25, 0.3) is 0 Å². The summed E-state index contributed by atoms with van der Waals surface area (Å²) >= 11 is 5.90. The van der Waals surface area contributed by atoms with E-state index < -0.39 is 5.97 Å². The fourth-order valence-corrected chi connectivity index (χ4v) is 1.95. The fraction of sp³-hybridized carbons (Fsp3) is 0.417. The molecule has 1 N–H and O–H groups in total. The maximum Gasteiger partial charge on any atom is 0.337 e. The second-order valence-electron chi connectivity index (χ2n) is 4.29. The number of aromatic carboxylic acids is 1. The van der Waals surface area contributed by atoms with Gasteiger partial charge in [-0.05, 0) is 37.0 Å². The summed E-state index contributed by atoms with van der Waals surface area (Å²) in [7, 11) is 1.91. The van der Waals surface area contributed by atoms with Gasteiger partial charge in [-0.15, -0.1) is 0 Å². The molecule has 86 valence electrons. The molecule has 1 aromatic rings. The van der Waals surface area contributed by atoms with Crippen molar-refractivity contribution in [3.8, 4) is 0 Å². The molecule has 0 heterocycles. The molecular formula is C12H14ClNO2.